The van der Waals surface area contributed by atoms with Gasteiger partial charge in [0.15, 0.2) is 10.6 Å². The Morgan fingerprint density at radius 3 is 3.00 bits per heavy atom. The number of nitrogens with zero attached hydrogens (tertiary/aromatic N) is 2. The number of aromatic amines is 1. The van der Waals surface area contributed by atoms with Gasteiger partial charge in [-0.05, 0) is 12.2 Å². The Morgan fingerprint density at radius 2 is 2.35 bits per heavy atom. The quantitative estimate of drug-likeness (QED) is 0.848. The first-order valence-corrected chi connectivity index (χ1v) is 6.32. The lowest BCUT2D eigenvalue weighted by Gasteiger charge is -2.03. The smallest absolute Gasteiger partial charge is 0.195 e. The van der Waals surface area contributed by atoms with Crippen molar-refractivity contribution in [1.82, 2.24) is 14.8 Å². The molecule has 2 heterocycles. The molecule has 7 heteroatoms. The molecule has 0 radical (unpaired) electrons. The molecule has 1 N–H and O–H groups in total. The summed E-state index contributed by atoms with van der Waals surface area (Å²) in [4.78, 5) is 1.02. The topological polar surface area (TPSA) is 52.1 Å². The Labute approximate surface area is 108 Å². The number of hydrogen-bond acceptors (Lipinski definition) is 5. The van der Waals surface area contributed by atoms with Crippen LogP contribution in [0.25, 0.3) is 10.7 Å². The van der Waals surface area contributed by atoms with Gasteiger partial charge in [0, 0.05) is 18.6 Å². The molecule has 0 saturated heterocycles. The van der Waals surface area contributed by atoms with Crippen LogP contribution in [0.15, 0.2) is 11.4 Å². The maximum atomic E-state index is 5.18. The molecule has 2 rings (SSSR count). The van der Waals surface area contributed by atoms with E-state index in [1.165, 1.54) is 0 Å². The van der Waals surface area contributed by atoms with Crippen molar-refractivity contribution < 1.29 is 9.47 Å². The van der Waals surface area contributed by atoms with Crippen molar-refractivity contribution in [2.75, 3.05) is 20.8 Å². The lowest BCUT2D eigenvalue weighted by Crippen LogP contribution is -2.05. The van der Waals surface area contributed by atoms with Crippen LogP contribution in [0.2, 0.25) is 0 Å². The van der Waals surface area contributed by atoms with Crippen LogP contribution in [0.5, 0.6) is 5.75 Å². The van der Waals surface area contributed by atoms with Crippen molar-refractivity contribution in [2.24, 2.45) is 0 Å². The largest absolute Gasteiger partial charge is 0.496 e. The first kappa shape index (κ1) is 12.3. The molecule has 0 aliphatic carbocycles. The monoisotopic (exact) mass is 271 g/mol. The van der Waals surface area contributed by atoms with Crippen LogP contribution in [0.3, 0.4) is 0 Å². The zero-order chi connectivity index (χ0) is 12.3. The third-order valence-electron chi connectivity index (χ3n) is 2.31. The molecule has 0 aliphatic rings. The van der Waals surface area contributed by atoms with Gasteiger partial charge in [-0.2, -0.15) is 5.10 Å². The molecule has 92 valence electrons. The van der Waals surface area contributed by atoms with E-state index in [0.29, 0.717) is 17.9 Å². The maximum Gasteiger partial charge on any atom is 0.195 e. The first-order chi connectivity index (χ1) is 8.26. The van der Waals surface area contributed by atoms with E-state index in [1.807, 2.05) is 16.0 Å². The molecule has 0 aromatic carbocycles. The molecule has 0 spiro atoms. The van der Waals surface area contributed by atoms with Crippen molar-refractivity contribution >= 4 is 23.6 Å². The van der Waals surface area contributed by atoms with E-state index in [-0.39, 0.29) is 0 Å². The molecule has 0 unspecified atom stereocenters. The van der Waals surface area contributed by atoms with Crippen LogP contribution >= 0.6 is 23.6 Å². The molecule has 0 aliphatic heterocycles. The summed E-state index contributed by atoms with van der Waals surface area (Å²) in [5.41, 5.74) is 0. The molecule has 5 nitrogen and oxygen atoms in total. The third kappa shape index (κ3) is 2.56. The number of hydrogen-bond donors (Lipinski definition) is 1. The Balaban J connectivity index is 2.34. The summed E-state index contributed by atoms with van der Waals surface area (Å²) in [7, 11) is 3.31. The number of ether oxygens (including phenoxy) is 2. The minimum Gasteiger partial charge on any atom is -0.496 e. The van der Waals surface area contributed by atoms with Gasteiger partial charge in [0.2, 0.25) is 0 Å². The molecule has 0 bridgehead atoms. The average molecular weight is 271 g/mol. The van der Waals surface area contributed by atoms with Gasteiger partial charge in [-0.25, -0.2) is 0 Å². The lowest BCUT2D eigenvalue weighted by molar-refractivity contribution is 0.187. The fourth-order valence-corrected chi connectivity index (χ4v) is 2.52. The summed E-state index contributed by atoms with van der Waals surface area (Å²) < 4.78 is 12.7. The van der Waals surface area contributed by atoms with Gasteiger partial charge in [-0.15, -0.1) is 11.3 Å². The van der Waals surface area contributed by atoms with E-state index < -0.39 is 0 Å². The number of rotatable bonds is 5. The second-order valence-electron chi connectivity index (χ2n) is 3.35. The Bertz CT molecular complexity index is 544. The van der Waals surface area contributed by atoms with E-state index in [1.54, 1.807) is 25.6 Å². The van der Waals surface area contributed by atoms with E-state index >= 15 is 0 Å². The average Bonchev–Trinajstić information content (AvgIpc) is 2.93. The minimum absolute atomic E-state index is 0.601. The summed E-state index contributed by atoms with van der Waals surface area (Å²) in [5, 5.41) is 8.97. The predicted molar refractivity (Wildman–Crippen MR) is 69.2 cm³/mol. The second kappa shape index (κ2) is 5.44. The summed E-state index contributed by atoms with van der Waals surface area (Å²) in [5.74, 6) is 1.65. The fraction of sp³-hybridized carbons (Fsp3) is 0.400. The number of aromatic nitrogens is 3. The zero-order valence-corrected chi connectivity index (χ0v) is 11.2. The predicted octanol–water partition coefficient (Wildman–Crippen LogP) is 2.32. The highest BCUT2D eigenvalue weighted by atomic mass is 32.1. The van der Waals surface area contributed by atoms with Crippen LogP contribution in [0.4, 0.5) is 0 Å². The highest BCUT2D eigenvalue weighted by Crippen LogP contribution is 2.29. The summed E-state index contributed by atoms with van der Waals surface area (Å²) >= 11 is 6.76. The zero-order valence-electron chi connectivity index (χ0n) is 9.60. The highest BCUT2D eigenvalue weighted by molar-refractivity contribution is 7.71. The van der Waals surface area contributed by atoms with E-state index in [0.717, 1.165) is 16.5 Å². The van der Waals surface area contributed by atoms with Gasteiger partial charge in [0.25, 0.3) is 0 Å². The van der Waals surface area contributed by atoms with Gasteiger partial charge in [-0.1, -0.05) is 0 Å². The number of thiophene rings is 1. The minimum atomic E-state index is 0.601. The Morgan fingerprint density at radius 1 is 1.53 bits per heavy atom. The standard InChI is InChI=1S/C10H13N3O2S2/c1-14-4-3-13-9(11-12-10(13)16)8-5-7(15-2)6-17-8/h5-6H,3-4H2,1-2H3,(H,12,16). The molecule has 0 saturated carbocycles. The number of H-pyrrole nitrogens is 1. The van der Waals surface area contributed by atoms with Crippen LogP contribution in [-0.4, -0.2) is 35.6 Å². The van der Waals surface area contributed by atoms with Crippen molar-refractivity contribution in [3.8, 4) is 16.5 Å². The van der Waals surface area contributed by atoms with Crippen LogP contribution in [0.1, 0.15) is 0 Å². The van der Waals surface area contributed by atoms with Crippen molar-refractivity contribution in [1.29, 1.82) is 0 Å². The molecular formula is C10H13N3O2S2. The molecule has 17 heavy (non-hydrogen) atoms. The Kier molecular flexibility index (Phi) is 3.93. The van der Waals surface area contributed by atoms with E-state index in [2.05, 4.69) is 10.2 Å². The SMILES string of the molecule is COCCn1c(-c2cc(OC)cs2)n[nH]c1=S. The van der Waals surface area contributed by atoms with Crippen LogP contribution in [0, 0.1) is 4.77 Å². The summed E-state index contributed by atoms with van der Waals surface area (Å²) in [6.07, 6.45) is 0. The molecule has 0 fully saturated rings. The third-order valence-corrected chi connectivity index (χ3v) is 3.52. The fourth-order valence-electron chi connectivity index (χ4n) is 1.44. The molecule has 2 aromatic rings. The molecule has 0 atom stereocenters. The summed E-state index contributed by atoms with van der Waals surface area (Å²) in [6, 6.07) is 1.94. The highest BCUT2D eigenvalue weighted by Gasteiger charge is 2.11. The van der Waals surface area contributed by atoms with Gasteiger partial charge < -0.3 is 9.47 Å². The number of methoxy groups -OCH3 is 2. The van der Waals surface area contributed by atoms with Crippen LogP contribution < -0.4 is 4.74 Å². The maximum absolute atomic E-state index is 5.18. The van der Waals surface area contributed by atoms with Gasteiger partial charge in [0.1, 0.15) is 5.75 Å². The van der Waals surface area contributed by atoms with Crippen LogP contribution in [-0.2, 0) is 11.3 Å². The van der Waals surface area contributed by atoms with Gasteiger partial charge in [-0.3, -0.25) is 9.67 Å². The normalized spacial score (nSPS) is 10.7. The lowest BCUT2D eigenvalue weighted by atomic mass is 10.4. The molecule has 0 amide bonds. The van der Waals surface area contributed by atoms with Crippen molar-refractivity contribution in [3.05, 3.63) is 16.2 Å². The van der Waals surface area contributed by atoms with E-state index in [4.69, 9.17) is 21.7 Å². The molecular weight excluding hydrogens is 258 g/mol. The van der Waals surface area contributed by atoms with Crippen molar-refractivity contribution in [2.45, 2.75) is 6.54 Å². The Hall–Kier alpha value is -1.18. The molecule has 2 aromatic heterocycles. The van der Waals surface area contributed by atoms with Crippen molar-refractivity contribution in [3.63, 3.8) is 0 Å². The van der Waals surface area contributed by atoms with Gasteiger partial charge in [0.05, 0.1) is 25.1 Å². The summed E-state index contributed by atoms with van der Waals surface area (Å²) in [6.45, 7) is 1.28. The van der Waals surface area contributed by atoms with Gasteiger partial charge >= 0.3 is 0 Å². The van der Waals surface area contributed by atoms with E-state index in [9.17, 15) is 0 Å². The number of nitrogens with one attached hydrogen (secondary N) is 1. The second-order valence-corrected chi connectivity index (χ2v) is 4.65. The first-order valence-electron chi connectivity index (χ1n) is 5.03.